The summed E-state index contributed by atoms with van der Waals surface area (Å²) in [6.07, 6.45) is 0.00463. The molecular weight excluding hydrogens is 52.0 g/mol. The predicted octanol–water partition coefficient (Wildman–Crippen LogP) is 0.776. The monoisotopic (exact) mass is 59.0 g/mol. The van der Waals surface area contributed by atoms with Crippen molar-refractivity contribution >= 4 is 0 Å². The first kappa shape index (κ1) is 1.82. The van der Waals surface area contributed by atoms with Crippen LogP contribution in [-0.2, 0) is 4.74 Å². The molecule has 1 heteroatoms. The fourth-order valence-corrected chi connectivity index (χ4v) is 0. The topological polar surface area (TPSA) is 9.23 Å². The molecular formula is C3H6O. The summed E-state index contributed by atoms with van der Waals surface area (Å²) in [6.45, 7) is 3.12. The number of rotatable bonds is 1. The number of ether oxygens (including phenoxy) is 1. The quantitative estimate of drug-likeness (QED) is 0.405. The summed E-state index contributed by atoms with van der Waals surface area (Å²) in [4.78, 5) is 0. The van der Waals surface area contributed by atoms with Crippen LogP contribution in [0.15, 0.2) is 12.8 Å². The van der Waals surface area contributed by atoms with Gasteiger partial charge in [0.2, 0.25) is 0 Å². The summed E-state index contributed by atoms with van der Waals surface area (Å²) < 4.78 is 10.6. The molecule has 4 heavy (non-hydrogen) atoms. The highest BCUT2D eigenvalue weighted by molar-refractivity contribution is 4.43. The summed E-state index contributed by atoms with van der Waals surface area (Å²) in [5.41, 5.74) is 0. The first-order valence-corrected chi connectivity index (χ1v) is 0.966. The Kier molecular flexibility index (Phi) is 1.16. The van der Waals surface area contributed by atoms with E-state index < -0.39 is 0 Å². The Bertz CT molecular complexity index is 42.2. The Balaban J connectivity index is 2.85. The minimum absolute atomic E-state index is 0.00463. The van der Waals surface area contributed by atoms with Crippen molar-refractivity contribution < 1.29 is 6.11 Å². The molecule has 0 aliphatic heterocycles. The van der Waals surface area contributed by atoms with Gasteiger partial charge in [-0.1, -0.05) is 6.58 Å². The molecule has 0 aromatic carbocycles. The molecule has 0 saturated carbocycles. The van der Waals surface area contributed by atoms with E-state index >= 15 is 0 Å². The highest BCUT2D eigenvalue weighted by atomic mass is 16.5. The van der Waals surface area contributed by atoms with Crippen molar-refractivity contribution in [1.82, 2.24) is 0 Å². The van der Waals surface area contributed by atoms with Crippen LogP contribution in [0, 0.1) is 0 Å². The molecule has 0 atom stereocenters. The van der Waals surface area contributed by atoms with Crippen LogP contribution >= 0.6 is 0 Å². The lowest BCUT2D eigenvalue weighted by atomic mass is 11.2. The van der Waals surface area contributed by atoms with E-state index in [1.165, 1.54) is 7.11 Å². The van der Waals surface area contributed by atoms with Crippen molar-refractivity contribution in [2.45, 2.75) is 0 Å². The molecule has 24 valence electrons. The van der Waals surface area contributed by atoms with Gasteiger partial charge in [0.05, 0.1) is 13.3 Å². The molecule has 0 heterocycles. The fraction of sp³-hybridized carbons (Fsp3) is 0.333. The normalized spacial score (nSPS) is 8.75. The second-order valence-corrected chi connectivity index (χ2v) is 0.348. The molecule has 0 radical (unpaired) electrons. The molecule has 0 spiro atoms. The Morgan fingerprint density at radius 1 is 2.50 bits per heavy atom. The van der Waals surface area contributed by atoms with E-state index in [0.717, 1.165) is 0 Å². The number of hydrogen-bond acceptors (Lipinski definition) is 1. The zero-order valence-corrected chi connectivity index (χ0v) is 2.62. The van der Waals surface area contributed by atoms with Crippen molar-refractivity contribution in [3.63, 3.8) is 0 Å². The smallest absolute Gasteiger partial charge is 0.103 e. The third-order valence-corrected chi connectivity index (χ3v) is 0.144. The third-order valence-electron chi connectivity index (χ3n) is 0.144. The Hall–Kier alpha value is -0.460. The summed E-state index contributed by atoms with van der Waals surface area (Å²) in [7, 11) is 1.41. The Labute approximate surface area is 27.3 Å². The Morgan fingerprint density at radius 3 is 2.75 bits per heavy atom. The van der Waals surface area contributed by atoms with Gasteiger partial charge in [-0.15, -0.1) is 0 Å². The molecule has 0 fully saturated rings. The summed E-state index contributed by atoms with van der Waals surface area (Å²) in [6, 6.07) is 0. The maximum absolute atomic E-state index is 6.41. The molecule has 0 amide bonds. The average molecular weight is 59.1 g/mol. The van der Waals surface area contributed by atoms with Crippen LogP contribution in [0.1, 0.15) is 1.37 Å². The molecule has 0 saturated heterocycles. The van der Waals surface area contributed by atoms with E-state index in [4.69, 9.17) is 1.37 Å². The van der Waals surface area contributed by atoms with E-state index in [0.29, 0.717) is 0 Å². The zero-order valence-electron chi connectivity index (χ0n) is 3.62. The van der Waals surface area contributed by atoms with Gasteiger partial charge < -0.3 is 4.74 Å². The SMILES string of the molecule is [2H]C(=C)OC. The van der Waals surface area contributed by atoms with Gasteiger partial charge in [0.25, 0.3) is 0 Å². The van der Waals surface area contributed by atoms with Crippen molar-refractivity contribution in [1.29, 1.82) is 0 Å². The molecule has 0 aliphatic rings. The highest BCUT2D eigenvalue weighted by Gasteiger charge is 1.36. The van der Waals surface area contributed by atoms with Gasteiger partial charge in [-0.25, -0.2) is 0 Å². The summed E-state index contributed by atoms with van der Waals surface area (Å²) in [5, 5.41) is 0. The molecule has 0 N–H and O–H groups in total. The average Bonchev–Trinajstić information content (AvgIpc) is 1.38. The van der Waals surface area contributed by atoms with Gasteiger partial charge in [0.1, 0.15) is 1.37 Å². The maximum Gasteiger partial charge on any atom is 0.103 e. The van der Waals surface area contributed by atoms with Crippen molar-refractivity contribution in [3.8, 4) is 0 Å². The standard InChI is InChI=1S/C3H6O/c1-3-4-2/h3H,1H2,2H3/i3D. The van der Waals surface area contributed by atoms with E-state index in [-0.39, 0.29) is 6.24 Å². The molecule has 0 bridgehead atoms. The van der Waals surface area contributed by atoms with Gasteiger partial charge in [0, 0.05) is 0 Å². The molecule has 0 rings (SSSR count). The van der Waals surface area contributed by atoms with Crippen LogP contribution in [0.5, 0.6) is 0 Å². The van der Waals surface area contributed by atoms with E-state index in [1.807, 2.05) is 0 Å². The van der Waals surface area contributed by atoms with Crippen LogP contribution in [0.2, 0.25) is 0 Å². The number of hydrogen-bond donors (Lipinski definition) is 0. The first-order valence-electron chi connectivity index (χ1n) is 1.47. The van der Waals surface area contributed by atoms with Gasteiger partial charge in [-0.05, 0) is 0 Å². The second-order valence-electron chi connectivity index (χ2n) is 0.348. The van der Waals surface area contributed by atoms with Gasteiger partial charge in [-0.3, -0.25) is 0 Å². The van der Waals surface area contributed by atoms with Crippen molar-refractivity contribution in [3.05, 3.63) is 12.8 Å². The lowest BCUT2D eigenvalue weighted by molar-refractivity contribution is 0.339. The van der Waals surface area contributed by atoms with Crippen LogP contribution in [-0.4, -0.2) is 7.11 Å². The van der Waals surface area contributed by atoms with Crippen LogP contribution < -0.4 is 0 Å². The van der Waals surface area contributed by atoms with Crippen molar-refractivity contribution in [2.75, 3.05) is 7.11 Å². The largest absolute Gasteiger partial charge is 0.505 e. The van der Waals surface area contributed by atoms with E-state index in [1.54, 1.807) is 0 Å². The molecule has 1 nitrogen and oxygen atoms in total. The molecule has 0 aromatic rings. The fourth-order valence-electron chi connectivity index (χ4n) is 0. The van der Waals surface area contributed by atoms with E-state index in [9.17, 15) is 0 Å². The summed E-state index contributed by atoms with van der Waals surface area (Å²) in [5.74, 6) is 0. The lowest BCUT2D eigenvalue weighted by Gasteiger charge is -1.73. The second kappa shape index (κ2) is 2.54. The van der Waals surface area contributed by atoms with Crippen LogP contribution in [0.4, 0.5) is 0 Å². The van der Waals surface area contributed by atoms with E-state index in [2.05, 4.69) is 11.3 Å². The minimum Gasteiger partial charge on any atom is -0.505 e. The lowest BCUT2D eigenvalue weighted by Crippen LogP contribution is -1.54. The van der Waals surface area contributed by atoms with Crippen molar-refractivity contribution in [2.24, 2.45) is 0 Å². The predicted molar refractivity (Wildman–Crippen MR) is 17.2 cm³/mol. The van der Waals surface area contributed by atoms with Crippen LogP contribution in [0.3, 0.4) is 0 Å². The molecule has 0 aliphatic carbocycles. The Morgan fingerprint density at radius 2 is 2.75 bits per heavy atom. The van der Waals surface area contributed by atoms with Gasteiger partial charge in [0.15, 0.2) is 0 Å². The maximum atomic E-state index is 6.41. The summed E-state index contributed by atoms with van der Waals surface area (Å²) >= 11 is 0. The number of methoxy groups -OCH3 is 1. The first-order chi connectivity index (χ1) is 2.27. The zero-order chi connectivity index (χ0) is 4.28. The van der Waals surface area contributed by atoms with Gasteiger partial charge >= 0.3 is 0 Å². The molecule has 0 unspecified atom stereocenters. The van der Waals surface area contributed by atoms with Crippen LogP contribution in [0.25, 0.3) is 0 Å². The van der Waals surface area contributed by atoms with Gasteiger partial charge in [-0.2, -0.15) is 0 Å². The third kappa shape index (κ3) is 1.54. The molecule has 0 aromatic heterocycles. The highest BCUT2D eigenvalue weighted by Crippen LogP contribution is 1.52. The minimum atomic E-state index is 0.00463.